The fourth-order valence-electron chi connectivity index (χ4n) is 1.79. The molecular weight excluding hydrogens is 234 g/mol. The quantitative estimate of drug-likeness (QED) is 0.876. The van der Waals surface area contributed by atoms with E-state index in [4.69, 9.17) is 5.73 Å². The van der Waals surface area contributed by atoms with Crippen LogP contribution in [0.2, 0.25) is 0 Å². The van der Waals surface area contributed by atoms with E-state index in [0.717, 1.165) is 29.4 Å². The summed E-state index contributed by atoms with van der Waals surface area (Å²) in [6, 6.07) is 9.89. The Hall–Kier alpha value is -1.94. The molecule has 0 heterocycles. The molecule has 2 rings (SSSR count). The second kappa shape index (κ2) is 5.14. The summed E-state index contributed by atoms with van der Waals surface area (Å²) >= 11 is 0. The lowest BCUT2D eigenvalue weighted by atomic mass is 9.99. The summed E-state index contributed by atoms with van der Waals surface area (Å²) in [5.74, 6) is -0.990. The van der Waals surface area contributed by atoms with Crippen LogP contribution in [-0.4, -0.2) is 7.05 Å². The zero-order chi connectivity index (χ0) is 13.1. The maximum atomic E-state index is 13.6. The van der Waals surface area contributed by atoms with Crippen molar-refractivity contribution in [3.63, 3.8) is 0 Å². The van der Waals surface area contributed by atoms with Gasteiger partial charge in [0.1, 0.15) is 11.6 Å². The highest BCUT2D eigenvalue weighted by molar-refractivity contribution is 5.45. The van der Waals surface area contributed by atoms with Crippen molar-refractivity contribution in [2.75, 3.05) is 12.4 Å². The van der Waals surface area contributed by atoms with Crippen LogP contribution in [0.1, 0.15) is 17.2 Å². The molecule has 2 aromatic carbocycles. The van der Waals surface area contributed by atoms with E-state index in [1.807, 2.05) is 12.1 Å². The molecule has 18 heavy (non-hydrogen) atoms. The number of anilines is 1. The van der Waals surface area contributed by atoms with E-state index >= 15 is 0 Å². The van der Waals surface area contributed by atoms with Crippen molar-refractivity contribution < 1.29 is 8.78 Å². The van der Waals surface area contributed by atoms with Gasteiger partial charge in [0.25, 0.3) is 0 Å². The van der Waals surface area contributed by atoms with Crippen LogP contribution in [0.4, 0.5) is 14.5 Å². The van der Waals surface area contributed by atoms with E-state index in [-0.39, 0.29) is 5.56 Å². The van der Waals surface area contributed by atoms with Crippen molar-refractivity contribution in [2.24, 2.45) is 5.73 Å². The van der Waals surface area contributed by atoms with Crippen molar-refractivity contribution in [1.29, 1.82) is 0 Å². The van der Waals surface area contributed by atoms with E-state index in [1.165, 1.54) is 0 Å². The van der Waals surface area contributed by atoms with Gasteiger partial charge < -0.3 is 11.1 Å². The third-order valence-electron chi connectivity index (χ3n) is 2.85. The van der Waals surface area contributed by atoms with Crippen molar-refractivity contribution in [3.05, 3.63) is 65.2 Å². The summed E-state index contributed by atoms with van der Waals surface area (Å²) in [6.45, 7) is 0. The van der Waals surface area contributed by atoms with Gasteiger partial charge in [0, 0.05) is 18.3 Å². The number of nitrogens with one attached hydrogen (secondary N) is 1. The Morgan fingerprint density at radius 3 is 2.33 bits per heavy atom. The van der Waals surface area contributed by atoms with Gasteiger partial charge in [-0.25, -0.2) is 8.78 Å². The maximum Gasteiger partial charge on any atom is 0.128 e. The highest BCUT2D eigenvalue weighted by Crippen LogP contribution is 2.24. The van der Waals surface area contributed by atoms with Crippen LogP contribution in [0.25, 0.3) is 0 Å². The lowest BCUT2D eigenvalue weighted by Crippen LogP contribution is -2.14. The van der Waals surface area contributed by atoms with Gasteiger partial charge in [0.05, 0.1) is 6.04 Å². The number of halogens is 2. The molecule has 0 fully saturated rings. The third kappa shape index (κ3) is 2.49. The molecule has 3 N–H and O–H groups in total. The molecule has 0 aliphatic heterocycles. The van der Waals surface area contributed by atoms with Gasteiger partial charge in [-0.15, -0.1) is 0 Å². The average molecular weight is 248 g/mol. The number of hydrogen-bond donors (Lipinski definition) is 2. The van der Waals surface area contributed by atoms with Crippen LogP contribution in [-0.2, 0) is 0 Å². The largest absolute Gasteiger partial charge is 0.388 e. The Balaban J connectivity index is 2.34. The van der Waals surface area contributed by atoms with Crippen LogP contribution >= 0.6 is 0 Å². The summed E-state index contributed by atoms with van der Waals surface area (Å²) in [4.78, 5) is 0. The molecule has 2 aromatic rings. The highest BCUT2D eigenvalue weighted by atomic mass is 19.1. The molecule has 4 heteroatoms. The molecular formula is C14H14F2N2. The smallest absolute Gasteiger partial charge is 0.128 e. The molecule has 0 spiro atoms. The molecule has 0 aliphatic carbocycles. The van der Waals surface area contributed by atoms with E-state index < -0.39 is 17.7 Å². The van der Waals surface area contributed by atoms with Gasteiger partial charge in [-0.3, -0.25) is 0 Å². The standard InChI is InChI=1S/C14H14F2N2/c1-18-11-5-2-9(3-6-11)14(17)12-8-10(15)4-7-13(12)16/h2-8,14,18H,17H2,1H3. The minimum absolute atomic E-state index is 0.159. The Labute approximate surface area is 104 Å². The van der Waals surface area contributed by atoms with Crippen molar-refractivity contribution in [1.82, 2.24) is 0 Å². The predicted molar refractivity (Wildman–Crippen MR) is 68.4 cm³/mol. The summed E-state index contributed by atoms with van der Waals surface area (Å²) in [7, 11) is 1.81. The fourth-order valence-corrected chi connectivity index (χ4v) is 1.79. The third-order valence-corrected chi connectivity index (χ3v) is 2.85. The number of nitrogens with two attached hydrogens (primary N) is 1. The first kappa shape index (κ1) is 12.5. The zero-order valence-corrected chi connectivity index (χ0v) is 9.95. The Bertz CT molecular complexity index is 538. The van der Waals surface area contributed by atoms with E-state index in [2.05, 4.69) is 5.32 Å². The Morgan fingerprint density at radius 1 is 1.06 bits per heavy atom. The zero-order valence-electron chi connectivity index (χ0n) is 9.95. The SMILES string of the molecule is CNc1ccc(C(N)c2cc(F)ccc2F)cc1. The van der Waals surface area contributed by atoms with Gasteiger partial charge in [0.2, 0.25) is 0 Å². The summed E-state index contributed by atoms with van der Waals surface area (Å²) in [6.07, 6.45) is 0. The van der Waals surface area contributed by atoms with Gasteiger partial charge in [-0.2, -0.15) is 0 Å². The van der Waals surface area contributed by atoms with Crippen LogP contribution in [0.3, 0.4) is 0 Å². The van der Waals surface area contributed by atoms with Crippen molar-refractivity contribution in [2.45, 2.75) is 6.04 Å². The number of benzene rings is 2. The van der Waals surface area contributed by atoms with Crippen molar-refractivity contribution >= 4 is 5.69 Å². The van der Waals surface area contributed by atoms with E-state index in [0.29, 0.717) is 0 Å². The summed E-state index contributed by atoms with van der Waals surface area (Å²) in [5.41, 5.74) is 7.78. The normalized spacial score (nSPS) is 12.2. The molecule has 0 aliphatic rings. The number of rotatable bonds is 3. The average Bonchev–Trinajstić information content (AvgIpc) is 2.41. The Kier molecular flexibility index (Phi) is 3.58. The topological polar surface area (TPSA) is 38.0 Å². The lowest BCUT2D eigenvalue weighted by molar-refractivity contribution is 0.576. The minimum atomic E-state index is -0.674. The van der Waals surface area contributed by atoms with E-state index in [1.54, 1.807) is 19.2 Å². The van der Waals surface area contributed by atoms with Gasteiger partial charge in [0.15, 0.2) is 0 Å². The minimum Gasteiger partial charge on any atom is -0.388 e. The predicted octanol–water partition coefficient (Wildman–Crippen LogP) is 3.05. The molecule has 0 aromatic heterocycles. The summed E-state index contributed by atoms with van der Waals surface area (Å²) in [5, 5.41) is 2.98. The molecule has 94 valence electrons. The first-order valence-electron chi connectivity index (χ1n) is 5.60. The maximum absolute atomic E-state index is 13.6. The molecule has 0 saturated heterocycles. The van der Waals surface area contributed by atoms with Crippen LogP contribution < -0.4 is 11.1 Å². The molecule has 0 radical (unpaired) electrons. The molecule has 1 atom stereocenters. The summed E-state index contributed by atoms with van der Waals surface area (Å²) < 4.78 is 26.7. The molecule has 0 saturated carbocycles. The first-order valence-corrected chi connectivity index (χ1v) is 5.60. The van der Waals surface area contributed by atoms with Gasteiger partial charge in [-0.05, 0) is 35.9 Å². The van der Waals surface area contributed by atoms with Crippen LogP contribution in [0.15, 0.2) is 42.5 Å². The lowest BCUT2D eigenvalue weighted by Gasteiger charge is -2.14. The van der Waals surface area contributed by atoms with Crippen molar-refractivity contribution in [3.8, 4) is 0 Å². The monoisotopic (exact) mass is 248 g/mol. The number of hydrogen-bond acceptors (Lipinski definition) is 2. The highest BCUT2D eigenvalue weighted by Gasteiger charge is 2.14. The Morgan fingerprint density at radius 2 is 1.72 bits per heavy atom. The molecule has 0 bridgehead atoms. The fraction of sp³-hybridized carbons (Fsp3) is 0.143. The first-order chi connectivity index (χ1) is 8.61. The molecule has 1 unspecified atom stereocenters. The molecule has 2 nitrogen and oxygen atoms in total. The molecule has 0 amide bonds. The second-order valence-corrected chi connectivity index (χ2v) is 4.02. The second-order valence-electron chi connectivity index (χ2n) is 4.02. The van der Waals surface area contributed by atoms with Crippen LogP contribution in [0.5, 0.6) is 0 Å². The van der Waals surface area contributed by atoms with E-state index in [9.17, 15) is 8.78 Å². The van der Waals surface area contributed by atoms with Gasteiger partial charge in [-0.1, -0.05) is 12.1 Å². The van der Waals surface area contributed by atoms with Gasteiger partial charge >= 0.3 is 0 Å². The van der Waals surface area contributed by atoms with Crippen LogP contribution in [0, 0.1) is 11.6 Å².